The van der Waals surface area contributed by atoms with Crippen molar-refractivity contribution in [3.05, 3.63) is 34.9 Å². The highest BCUT2D eigenvalue weighted by atomic mass is 16.5. The third kappa shape index (κ3) is 4.04. The largest absolute Gasteiger partial charge is 0.464 e. The first kappa shape index (κ1) is 17.5. The number of rotatable bonds is 5. The zero-order chi connectivity index (χ0) is 17.8. The van der Waals surface area contributed by atoms with Crippen LogP contribution in [0.15, 0.2) is 27.8 Å². The number of urea groups is 1. The molecular formula is C18H25N3O4. The summed E-state index contributed by atoms with van der Waals surface area (Å²) < 4.78 is 10.9. The van der Waals surface area contributed by atoms with Gasteiger partial charge in [0.1, 0.15) is 17.6 Å². The number of amides is 2. The zero-order valence-corrected chi connectivity index (χ0v) is 14.8. The second-order valence-corrected chi connectivity index (χ2v) is 6.43. The Hall–Kier alpha value is -2.28. The maximum Gasteiger partial charge on any atom is 0.338 e. The lowest BCUT2D eigenvalue weighted by Gasteiger charge is -2.32. The van der Waals surface area contributed by atoms with Gasteiger partial charge in [0.15, 0.2) is 0 Å². The molecule has 25 heavy (non-hydrogen) atoms. The Morgan fingerprint density at radius 3 is 2.72 bits per heavy atom. The number of furan rings is 1. The Morgan fingerprint density at radius 1 is 1.32 bits per heavy atom. The maximum absolute atomic E-state index is 12.6. The molecule has 1 saturated heterocycles. The van der Waals surface area contributed by atoms with Gasteiger partial charge in [-0.25, -0.2) is 9.59 Å². The van der Waals surface area contributed by atoms with Crippen molar-refractivity contribution in [3.63, 3.8) is 0 Å². The summed E-state index contributed by atoms with van der Waals surface area (Å²) in [6, 6.07) is 2.63. The molecule has 7 heteroatoms. The summed E-state index contributed by atoms with van der Waals surface area (Å²) in [5.74, 6) is 0.830. The predicted molar refractivity (Wildman–Crippen MR) is 91.8 cm³/mol. The molecule has 7 nitrogen and oxygen atoms in total. The summed E-state index contributed by atoms with van der Waals surface area (Å²) >= 11 is 0. The minimum absolute atomic E-state index is 0.275. The van der Waals surface area contributed by atoms with Gasteiger partial charge in [-0.15, -0.1) is 0 Å². The van der Waals surface area contributed by atoms with Gasteiger partial charge >= 0.3 is 12.0 Å². The van der Waals surface area contributed by atoms with E-state index in [-0.39, 0.29) is 12.6 Å². The van der Waals surface area contributed by atoms with Crippen molar-refractivity contribution in [2.75, 3.05) is 26.2 Å². The molecule has 1 atom stereocenters. The van der Waals surface area contributed by atoms with Gasteiger partial charge in [0.2, 0.25) is 0 Å². The second kappa shape index (κ2) is 7.74. The molecule has 2 aliphatic heterocycles. The molecule has 0 aliphatic carbocycles. The molecule has 2 aliphatic rings. The van der Waals surface area contributed by atoms with E-state index in [9.17, 15) is 9.59 Å². The maximum atomic E-state index is 12.6. The van der Waals surface area contributed by atoms with Crippen molar-refractivity contribution in [1.82, 2.24) is 15.5 Å². The Balaban J connectivity index is 1.95. The third-order valence-electron chi connectivity index (χ3n) is 4.53. The van der Waals surface area contributed by atoms with Crippen molar-refractivity contribution >= 4 is 12.0 Å². The van der Waals surface area contributed by atoms with Gasteiger partial charge in [0.25, 0.3) is 0 Å². The molecule has 1 aromatic heterocycles. The first-order chi connectivity index (χ1) is 12.1. The van der Waals surface area contributed by atoms with E-state index in [0.29, 0.717) is 23.6 Å². The van der Waals surface area contributed by atoms with Crippen molar-refractivity contribution in [3.8, 4) is 0 Å². The van der Waals surface area contributed by atoms with Crippen LogP contribution in [0.4, 0.5) is 4.79 Å². The minimum Gasteiger partial charge on any atom is -0.464 e. The highest BCUT2D eigenvalue weighted by molar-refractivity contribution is 5.95. The fourth-order valence-corrected chi connectivity index (χ4v) is 3.36. The average Bonchev–Trinajstić information content (AvgIpc) is 3.02. The van der Waals surface area contributed by atoms with E-state index in [1.807, 2.05) is 13.0 Å². The van der Waals surface area contributed by atoms with Crippen molar-refractivity contribution in [2.24, 2.45) is 0 Å². The normalized spacial score (nSPS) is 21.7. The van der Waals surface area contributed by atoms with Crippen molar-refractivity contribution in [1.29, 1.82) is 0 Å². The quantitative estimate of drug-likeness (QED) is 0.798. The molecule has 3 heterocycles. The number of ether oxygens (including phenoxy) is 1. The second-order valence-electron chi connectivity index (χ2n) is 6.43. The fourth-order valence-electron chi connectivity index (χ4n) is 3.36. The Kier molecular flexibility index (Phi) is 5.43. The SMILES string of the molecule is CCOC(=O)C1=C(CN2CCCCC2)NC(=O)N[C@H]1c1ccc(C)o1. The topological polar surface area (TPSA) is 83.8 Å². The van der Waals surface area contributed by atoms with Gasteiger partial charge < -0.3 is 19.8 Å². The molecule has 0 unspecified atom stereocenters. The number of nitrogens with one attached hydrogen (secondary N) is 2. The van der Waals surface area contributed by atoms with Crippen LogP contribution in [0.3, 0.4) is 0 Å². The summed E-state index contributed by atoms with van der Waals surface area (Å²) in [6.07, 6.45) is 3.49. The monoisotopic (exact) mass is 347 g/mol. The first-order valence-electron chi connectivity index (χ1n) is 8.85. The van der Waals surface area contributed by atoms with Crippen LogP contribution < -0.4 is 10.6 Å². The number of esters is 1. The number of piperidine rings is 1. The summed E-state index contributed by atoms with van der Waals surface area (Å²) in [7, 11) is 0. The van der Waals surface area contributed by atoms with Crippen LogP contribution >= 0.6 is 0 Å². The van der Waals surface area contributed by atoms with Gasteiger partial charge in [0.05, 0.1) is 12.2 Å². The Morgan fingerprint density at radius 2 is 2.08 bits per heavy atom. The molecular weight excluding hydrogens is 322 g/mol. The molecule has 1 aromatic rings. The molecule has 0 aromatic carbocycles. The van der Waals surface area contributed by atoms with Crippen LogP contribution in [0.25, 0.3) is 0 Å². The van der Waals surface area contributed by atoms with E-state index in [1.165, 1.54) is 6.42 Å². The Bertz CT molecular complexity index is 674. The number of likely N-dealkylation sites (tertiary alicyclic amines) is 1. The molecule has 0 saturated carbocycles. The van der Waals surface area contributed by atoms with Crippen LogP contribution in [0.1, 0.15) is 43.7 Å². The van der Waals surface area contributed by atoms with Gasteiger partial charge in [-0.2, -0.15) is 0 Å². The van der Waals surface area contributed by atoms with Gasteiger partial charge in [0, 0.05) is 12.2 Å². The number of aryl methyl sites for hydroxylation is 1. The minimum atomic E-state index is -0.638. The van der Waals surface area contributed by atoms with Crippen LogP contribution in [0.2, 0.25) is 0 Å². The molecule has 0 spiro atoms. The van der Waals surface area contributed by atoms with E-state index in [1.54, 1.807) is 13.0 Å². The highest BCUT2D eigenvalue weighted by Crippen LogP contribution is 2.29. The summed E-state index contributed by atoms with van der Waals surface area (Å²) in [6.45, 7) is 6.33. The summed E-state index contributed by atoms with van der Waals surface area (Å²) in [4.78, 5) is 27.0. The first-order valence-corrected chi connectivity index (χ1v) is 8.85. The molecule has 136 valence electrons. The zero-order valence-electron chi connectivity index (χ0n) is 14.8. The molecule has 3 rings (SSSR count). The summed E-state index contributed by atoms with van der Waals surface area (Å²) in [5, 5.41) is 5.59. The number of carbonyl (C=O) groups excluding carboxylic acids is 2. The molecule has 0 radical (unpaired) electrons. The third-order valence-corrected chi connectivity index (χ3v) is 4.53. The van der Waals surface area contributed by atoms with E-state index >= 15 is 0 Å². The van der Waals surface area contributed by atoms with E-state index in [2.05, 4.69) is 15.5 Å². The standard InChI is InChI=1S/C18H25N3O4/c1-3-24-17(22)15-13(11-21-9-5-4-6-10-21)19-18(23)20-16(15)14-8-7-12(2)25-14/h7-8,16H,3-6,9-11H2,1-2H3,(H2,19,20,23)/t16-/m0/s1. The van der Waals surface area contributed by atoms with E-state index in [0.717, 1.165) is 31.7 Å². The van der Waals surface area contributed by atoms with E-state index in [4.69, 9.17) is 9.15 Å². The molecule has 0 bridgehead atoms. The lowest BCUT2D eigenvalue weighted by molar-refractivity contribution is -0.139. The number of hydrogen-bond donors (Lipinski definition) is 2. The van der Waals surface area contributed by atoms with Gasteiger partial charge in [-0.3, -0.25) is 4.90 Å². The lowest BCUT2D eigenvalue weighted by Crippen LogP contribution is -2.48. The van der Waals surface area contributed by atoms with Crippen molar-refractivity contribution < 1.29 is 18.7 Å². The average molecular weight is 347 g/mol. The van der Waals surface area contributed by atoms with Crippen LogP contribution in [-0.4, -0.2) is 43.1 Å². The Labute approximate surface area is 147 Å². The molecule has 2 amide bonds. The summed E-state index contributed by atoms with van der Waals surface area (Å²) in [5.41, 5.74) is 1.02. The highest BCUT2D eigenvalue weighted by Gasteiger charge is 2.36. The van der Waals surface area contributed by atoms with E-state index < -0.39 is 12.0 Å². The lowest BCUT2D eigenvalue weighted by atomic mass is 9.99. The molecule has 1 fully saturated rings. The van der Waals surface area contributed by atoms with Crippen LogP contribution in [0.5, 0.6) is 0 Å². The van der Waals surface area contributed by atoms with Crippen molar-refractivity contribution in [2.45, 2.75) is 39.2 Å². The van der Waals surface area contributed by atoms with Gasteiger partial charge in [-0.05, 0) is 51.9 Å². The molecule has 2 N–H and O–H groups in total. The predicted octanol–water partition coefficient (Wildman–Crippen LogP) is 2.25. The van der Waals surface area contributed by atoms with Crippen LogP contribution in [0, 0.1) is 6.92 Å². The number of nitrogens with zero attached hydrogens (tertiary/aromatic N) is 1. The van der Waals surface area contributed by atoms with Crippen LogP contribution in [-0.2, 0) is 9.53 Å². The number of carbonyl (C=O) groups is 2. The van der Waals surface area contributed by atoms with Gasteiger partial charge in [-0.1, -0.05) is 6.42 Å². The fraction of sp³-hybridized carbons (Fsp3) is 0.556. The smallest absolute Gasteiger partial charge is 0.338 e. The number of hydrogen-bond acceptors (Lipinski definition) is 5.